The van der Waals surface area contributed by atoms with Crippen molar-refractivity contribution < 1.29 is 18.0 Å². The molecule has 0 aliphatic rings. The highest BCUT2D eigenvalue weighted by Gasteiger charge is 2.32. The molecule has 0 fully saturated rings. The molecule has 0 bridgehead atoms. The Balaban J connectivity index is 2.52. The van der Waals surface area contributed by atoms with Crippen LogP contribution < -0.4 is 9.62 Å². The first kappa shape index (κ1) is 28.4. The number of carbonyl (C=O) groups excluding carboxylic acids is 2. The molecule has 0 radical (unpaired) electrons. The molecule has 8 heteroatoms. The van der Waals surface area contributed by atoms with Gasteiger partial charge in [-0.3, -0.25) is 13.9 Å². The van der Waals surface area contributed by atoms with Gasteiger partial charge >= 0.3 is 0 Å². The number of nitrogens with one attached hydrogen (secondary N) is 1. The average molecular weight is 502 g/mol. The van der Waals surface area contributed by atoms with Crippen molar-refractivity contribution in [3.8, 4) is 0 Å². The Morgan fingerprint density at radius 1 is 0.971 bits per heavy atom. The third-order valence-corrected chi connectivity index (χ3v) is 7.05. The minimum atomic E-state index is -3.77. The van der Waals surface area contributed by atoms with Gasteiger partial charge in [-0.2, -0.15) is 0 Å². The summed E-state index contributed by atoms with van der Waals surface area (Å²) in [6, 6.07) is 14.1. The van der Waals surface area contributed by atoms with E-state index in [1.54, 1.807) is 12.1 Å². The van der Waals surface area contributed by atoms with E-state index in [9.17, 15) is 18.0 Å². The van der Waals surface area contributed by atoms with E-state index in [1.807, 2.05) is 77.9 Å². The molecule has 0 saturated heterocycles. The molecule has 1 atom stereocenters. The smallest absolute Gasteiger partial charge is 0.244 e. The Kier molecular flexibility index (Phi) is 9.89. The highest BCUT2D eigenvalue weighted by molar-refractivity contribution is 7.92. The van der Waals surface area contributed by atoms with Crippen LogP contribution in [0.25, 0.3) is 0 Å². The van der Waals surface area contributed by atoms with Crippen LogP contribution in [0.1, 0.15) is 63.6 Å². The van der Waals surface area contributed by atoms with E-state index in [4.69, 9.17) is 0 Å². The lowest BCUT2D eigenvalue weighted by Gasteiger charge is -2.34. The number of para-hydroxylation sites is 1. The molecular weight excluding hydrogens is 462 g/mol. The number of amides is 2. The lowest BCUT2D eigenvalue weighted by atomic mass is 10.0. The number of hydrogen-bond acceptors (Lipinski definition) is 4. The topological polar surface area (TPSA) is 86.8 Å². The van der Waals surface area contributed by atoms with Crippen molar-refractivity contribution in [3.05, 3.63) is 65.2 Å². The van der Waals surface area contributed by atoms with E-state index in [0.29, 0.717) is 12.1 Å². The monoisotopic (exact) mass is 501 g/mol. The second-order valence-corrected chi connectivity index (χ2v) is 11.4. The van der Waals surface area contributed by atoms with E-state index < -0.39 is 22.0 Å². The summed E-state index contributed by atoms with van der Waals surface area (Å²) < 4.78 is 26.9. The Morgan fingerprint density at radius 3 is 2.11 bits per heavy atom. The van der Waals surface area contributed by atoms with Gasteiger partial charge in [0.15, 0.2) is 0 Å². The molecule has 35 heavy (non-hydrogen) atoms. The normalized spacial score (nSPS) is 12.5. The molecular formula is C27H39N3O4S. The van der Waals surface area contributed by atoms with Crippen molar-refractivity contribution >= 4 is 27.5 Å². The number of sulfonamides is 1. The fourth-order valence-corrected chi connectivity index (χ4v) is 4.94. The number of anilines is 1. The highest BCUT2D eigenvalue weighted by Crippen LogP contribution is 2.29. The first-order valence-corrected chi connectivity index (χ1v) is 13.9. The standard InChI is InChI=1S/C27H39N3O4S/c1-8-24(27(32)28-20(4)5)29(17-22-14-10-9-13-21(22)6)26(31)18-30(35(7,33)34)25-16-12-11-15-23(25)19(2)3/h9-16,19-20,24H,8,17-18H2,1-7H3,(H,28,32)/t24-/m1/s1. The van der Waals surface area contributed by atoms with E-state index >= 15 is 0 Å². The summed E-state index contributed by atoms with van der Waals surface area (Å²) in [7, 11) is -3.77. The zero-order chi connectivity index (χ0) is 26.3. The van der Waals surface area contributed by atoms with Crippen LogP contribution in [0.5, 0.6) is 0 Å². The predicted molar refractivity (Wildman–Crippen MR) is 142 cm³/mol. The molecule has 0 heterocycles. The molecule has 192 valence electrons. The molecule has 1 N–H and O–H groups in total. The van der Waals surface area contributed by atoms with Crippen molar-refractivity contribution in [1.82, 2.24) is 10.2 Å². The van der Waals surface area contributed by atoms with Gasteiger partial charge in [0.1, 0.15) is 12.6 Å². The highest BCUT2D eigenvalue weighted by atomic mass is 32.2. The van der Waals surface area contributed by atoms with Crippen LogP contribution >= 0.6 is 0 Å². The number of carbonyl (C=O) groups is 2. The van der Waals surface area contributed by atoms with Crippen molar-refractivity contribution in [2.75, 3.05) is 17.1 Å². The lowest BCUT2D eigenvalue weighted by molar-refractivity contribution is -0.140. The Hall–Kier alpha value is -2.87. The van der Waals surface area contributed by atoms with Crippen LogP contribution in [0, 0.1) is 6.92 Å². The first-order chi connectivity index (χ1) is 16.4. The van der Waals surface area contributed by atoms with Gasteiger partial charge < -0.3 is 10.2 Å². The van der Waals surface area contributed by atoms with Gasteiger partial charge in [0.05, 0.1) is 11.9 Å². The Bertz CT molecular complexity index is 1130. The third-order valence-electron chi connectivity index (χ3n) is 5.93. The van der Waals surface area contributed by atoms with E-state index in [2.05, 4.69) is 5.32 Å². The maximum atomic E-state index is 13.8. The molecule has 0 unspecified atom stereocenters. The molecule has 2 rings (SSSR count). The van der Waals surface area contributed by atoms with E-state index in [1.165, 1.54) is 4.90 Å². The summed E-state index contributed by atoms with van der Waals surface area (Å²) in [4.78, 5) is 28.4. The van der Waals surface area contributed by atoms with Crippen molar-refractivity contribution in [1.29, 1.82) is 0 Å². The van der Waals surface area contributed by atoms with E-state index in [0.717, 1.165) is 27.3 Å². The molecule has 2 aromatic rings. The summed E-state index contributed by atoms with van der Waals surface area (Å²) in [5.41, 5.74) is 3.22. The summed E-state index contributed by atoms with van der Waals surface area (Å²) in [6.45, 7) is 11.3. The maximum absolute atomic E-state index is 13.8. The Morgan fingerprint density at radius 2 is 1.57 bits per heavy atom. The van der Waals surface area contributed by atoms with Crippen LogP contribution in [0.4, 0.5) is 5.69 Å². The van der Waals surface area contributed by atoms with Crippen molar-refractivity contribution in [3.63, 3.8) is 0 Å². The van der Waals surface area contributed by atoms with Crippen molar-refractivity contribution in [2.24, 2.45) is 0 Å². The molecule has 0 saturated carbocycles. The summed E-state index contributed by atoms with van der Waals surface area (Å²) >= 11 is 0. The number of aryl methyl sites for hydroxylation is 1. The van der Waals surface area contributed by atoms with Gasteiger partial charge in [0.2, 0.25) is 21.8 Å². The van der Waals surface area contributed by atoms with Crippen LogP contribution in [0.15, 0.2) is 48.5 Å². The first-order valence-electron chi connectivity index (χ1n) is 12.1. The fourth-order valence-electron chi connectivity index (χ4n) is 4.07. The average Bonchev–Trinajstić information content (AvgIpc) is 2.77. The predicted octanol–water partition coefficient (Wildman–Crippen LogP) is 4.22. The van der Waals surface area contributed by atoms with Crippen LogP contribution in [0.2, 0.25) is 0 Å². The molecule has 7 nitrogen and oxygen atoms in total. The second kappa shape index (κ2) is 12.2. The zero-order valence-corrected chi connectivity index (χ0v) is 22.7. The Labute approximate surface area is 210 Å². The fraction of sp³-hybridized carbons (Fsp3) is 0.481. The number of hydrogen-bond donors (Lipinski definition) is 1. The van der Waals surface area contributed by atoms with E-state index in [-0.39, 0.29) is 31.0 Å². The number of nitrogens with zero attached hydrogens (tertiary/aromatic N) is 2. The maximum Gasteiger partial charge on any atom is 0.244 e. The quantitative estimate of drug-likeness (QED) is 0.500. The molecule has 0 aliphatic carbocycles. The second-order valence-electron chi connectivity index (χ2n) is 9.52. The van der Waals surface area contributed by atoms with Gasteiger partial charge in [-0.15, -0.1) is 0 Å². The number of rotatable bonds is 11. The summed E-state index contributed by atoms with van der Waals surface area (Å²) in [5.74, 6) is -0.616. The van der Waals surface area contributed by atoms with Gasteiger partial charge in [-0.1, -0.05) is 63.2 Å². The van der Waals surface area contributed by atoms with Gasteiger partial charge in [0.25, 0.3) is 0 Å². The lowest BCUT2D eigenvalue weighted by Crippen LogP contribution is -2.53. The molecule has 0 aliphatic heterocycles. The largest absolute Gasteiger partial charge is 0.352 e. The van der Waals surface area contributed by atoms with Gasteiger partial charge in [0, 0.05) is 12.6 Å². The third kappa shape index (κ3) is 7.56. The zero-order valence-electron chi connectivity index (χ0n) is 21.9. The molecule has 0 aromatic heterocycles. The molecule has 0 spiro atoms. The van der Waals surface area contributed by atoms with Gasteiger partial charge in [-0.05, 0) is 55.9 Å². The molecule has 2 aromatic carbocycles. The number of benzene rings is 2. The SMILES string of the molecule is CC[C@H](C(=O)NC(C)C)N(Cc1ccccc1C)C(=O)CN(c1ccccc1C(C)C)S(C)(=O)=O. The van der Waals surface area contributed by atoms with Crippen LogP contribution in [0.3, 0.4) is 0 Å². The summed E-state index contributed by atoms with van der Waals surface area (Å²) in [5, 5.41) is 2.90. The minimum absolute atomic E-state index is 0.0637. The van der Waals surface area contributed by atoms with Crippen LogP contribution in [-0.4, -0.2) is 50.0 Å². The summed E-state index contributed by atoms with van der Waals surface area (Å²) in [6.07, 6.45) is 1.50. The van der Waals surface area contributed by atoms with Crippen molar-refractivity contribution in [2.45, 2.75) is 72.5 Å². The van der Waals surface area contributed by atoms with Gasteiger partial charge in [-0.25, -0.2) is 8.42 Å². The molecule has 2 amide bonds. The minimum Gasteiger partial charge on any atom is -0.352 e. The van der Waals surface area contributed by atoms with Crippen LogP contribution in [-0.2, 0) is 26.2 Å².